The highest BCUT2D eigenvalue weighted by Crippen LogP contribution is 2.46. The fraction of sp³-hybridized carbons (Fsp3) is 0.121. The van der Waals surface area contributed by atoms with Crippen LogP contribution >= 0.6 is 12.4 Å². The average molecular weight is 952 g/mol. The molecule has 0 aromatic heterocycles. The smallest absolute Gasteiger partial charge is 0.411 e. The van der Waals surface area contributed by atoms with Crippen molar-refractivity contribution in [2.75, 3.05) is 34.9 Å². The number of nitrogens with one attached hydrogen (secondary N) is 3. The molecule has 8 aromatic carbocycles. The third-order valence-electron chi connectivity index (χ3n) is 12.0. The highest BCUT2D eigenvalue weighted by molar-refractivity contribution is 5.92. The van der Waals surface area contributed by atoms with E-state index in [1.807, 2.05) is 109 Å². The summed E-state index contributed by atoms with van der Waals surface area (Å²) in [6, 6.07) is 62.7. The van der Waals surface area contributed by atoms with E-state index in [2.05, 4.69) is 64.5 Å². The number of fused-ring (bicyclic) bond motifs is 6. The van der Waals surface area contributed by atoms with Crippen molar-refractivity contribution in [3.05, 3.63) is 228 Å². The molecule has 0 bridgehead atoms. The number of nitrogen functional groups attached to an aromatic ring is 1. The second-order valence-corrected chi connectivity index (χ2v) is 16.6. The van der Waals surface area contributed by atoms with Gasteiger partial charge in [0.15, 0.2) is 0 Å². The minimum Gasteiger partial charge on any atom is -0.487 e. The maximum absolute atomic E-state index is 12.7. The normalized spacial score (nSPS) is 11.7. The molecule has 0 radical (unpaired) electrons. The first-order chi connectivity index (χ1) is 33.8. The fourth-order valence-electron chi connectivity index (χ4n) is 8.72. The quantitative estimate of drug-likeness (QED) is 0.0835. The van der Waals surface area contributed by atoms with E-state index in [0.717, 1.165) is 22.3 Å². The van der Waals surface area contributed by atoms with Crippen LogP contribution in [-0.2, 0) is 27.5 Å². The van der Waals surface area contributed by atoms with Gasteiger partial charge < -0.3 is 30.0 Å². The Bertz CT molecular complexity index is 3020. The van der Waals surface area contributed by atoms with E-state index in [4.69, 9.17) is 24.7 Å². The van der Waals surface area contributed by atoms with Gasteiger partial charge in [-0.2, -0.15) is 0 Å². The van der Waals surface area contributed by atoms with Crippen molar-refractivity contribution < 1.29 is 33.3 Å². The van der Waals surface area contributed by atoms with E-state index in [1.54, 1.807) is 36.4 Å². The molecule has 0 saturated heterocycles. The first-order valence-corrected chi connectivity index (χ1v) is 22.7. The Morgan fingerprint density at radius 1 is 0.457 bits per heavy atom. The molecule has 11 nitrogen and oxygen atoms in total. The molecule has 0 atom stereocenters. The highest BCUT2D eigenvalue weighted by atomic mass is 35.5. The van der Waals surface area contributed by atoms with Gasteiger partial charge in [0.2, 0.25) is 5.91 Å². The zero-order chi connectivity index (χ0) is 47.5. The van der Waals surface area contributed by atoms with Crippen LogP contribution < -0.4 is 31.2 Å². The number of rotatable bonds is 13. The molecule has 10 rings (SSSR count). The van der Waals surface area contributed by atoms with Crippen molar-refractivity contribution in [3.63, 3.8) is 0 Å². The molecule has 8 aromatic rings. The lowest BCUT2D eigenvalue weighted by molar-refractivity contribution is -0.114. The van der Waals surface area contributed by atoms with Gasteiger partial charge in [0.1, 0.15) is 37.9 Å². The monoisotopic (exact) mass is 950 g/mol. The van der Waals surface area contributed by atoms with E-state index < -0.39 is 12.2 Å². The molecule has 0 saturated carbocycles. The number of ether oxygens (including phenoxy) is 4. The lowest BCUT2D eigenvalue weighted by Crippen LogP contribution is -2.18. The van der Waals surface area contributed by atoms with Crippen molar-refractivity contribution in [3.8, 4) is 33.8 Å². The van der Waals surface area contributed by atoms with Crippen molar-refractivity contribution in [1.82, 2.24) is 0 Å². The molecule has 0 spiro atoms. The van der Waals surface area contributed by atoms with E-state index in [0.29, 0.717) is 47.5 Å². The van der Waals surface area contributed by atoms with Crippen LogP contribution in [0.2, 0.25) is 0 Å². The van der Waals surface area contributed by atoms with Gasteiger partial charge in [-0.15, -0.1) is 12.4 Å². The number of carbonyl (C=O) groups is 3. The SMILES string of the molecule is CC(=O)Nc1ccc(NC(=O)OCC2c3ccccc3-c3ccccc32)cc1OCc1ccccc1.Cl.Nc1ccc(NC(=O)OCC2c3ccccc3-c3ccccc32)cc1OCc1ccccc1. The summed E-state index contributed by atoms with van der Waals surface area (Å²) in [5, 5.41) is 8.33. The molecule has 0 fully saturated rings. The number of amides is 3. The predicted molar refractivity (Wildman–Crippen MR) is 278 cm³/mol. The van der Waals surface area contributed by atoms with E-state index in [-0.39, 0.29) is 43.4 Å². The molecule has 0 unspecified atom stereocenters. The standard InChI is InChI=1S/C30H26N2O4.C28H24N2O3.ClH/c1-20(33)31-28-16-15-22(17-29(28)35-18-21-9-3-2-4-10-21)32-30(34)36-19-27-25-13-7-5-11-23(25)24-12-6-8-14-26(24)27;29-26-15-14-20(16-27(26)32-17-19-8-2-1-3-9-19)30-28(31)33-18-25-23-12-6-4-10-21(23)22-11-5-7-13-24(22)25;/h2-17,27H,18-19H2,1H3,(H,31,33)(H,32,34);1-16,25H,17-18,29H2,(H,30,31);1H. The highest BCUT2D eigenvalue weighted by Gasteiger charge is 2.30. The number of carbonyl (C=O) groups excluding carboxylic acids is 3. The van der Waals surface area contributed by atoms with Gasteiger partial charge in [-0.25, -0.2) is 9.59 Å². The lowest BCUT2D eigenvalue weighted by Gasteiger charge is -2.16. The van der Waals surface area contributed by atoms with Crippen LogP contribution in [0, 0.1) is 0 Å². The van der Waals surface area contributed by atoms with Crippen molar-refractivity contribution in [1.29, 1.82) is 0 Å². The largest absolute Gasteiger partial charge is 0.487 e. The molecule has 0 heterocycles. The number of hydrogen-bond donors (Lipinski definition) is 4. The Balaban J connectivity index is 0.000000186. The summed E-state index contributed by atoms with van der Waals surface area (Å²) >= 11 is 0. The molecule has 2 aliphatic carbocycles. The van der Waals surface area contributed by atoms with Gasteiger partial charge in [-0.05, 0) is 79.9 Å². The Kier molecular flexibility index (Phi) is 15.4. The molecule has 352 valence electrons. The van der Waals surface area contributed by atoms with Crippen LogP contribution in [0.1, 0.15) is 52.1 Å². The van der Waals surface area contributed by atoms with Crippen LogP contribution in [0.3, 0.4) is 0 Å². The summed E-state index contributed by atoms with van der Waals surface area (Å²) in [4.78, 5) is 36.9. The lowest BCUT2D eigenvalue weighted by atomic mass is 9.98. The molecular weight excluding hydrogens is 900 g/mol. The minimum absolute atomic E-state index is 0. The van der Waals surface area contributed by atoms with Gasteiger partial charge in [0, 0.05) is 42.3 Å². The average Bonchev–Trinajstić information content (AvgIpc) is 3.88. The molecule has 5 N–H and O–H groups in total. The Morgan fingerprint density at radius 2 is 0.829 bits per heavy atom. The van der Waals surface area contributed by atoms with Crippen LogP contribution in [0.25, 0.3) is 22.3 Å². The summed E-state index contributed by atoms with van der Waals surface area (Å²) in [7, 11) is 0. The van der Waals surface area contributed by atoms with Gasteiger partial charge in [-0.1, -0.05) is 158 Å². The number of halogens is 1. The number of hydrogen-bond acceptors (Lipinski definition) is 8. The van der Waals surface area contributed by atoms with E-state index >= 15 is 0 Å². The van der Waals surface area contributed by atoms with E-state index in [9.17, 15) is 14.4 Å². The fourth-order valence-corrected chi connectivity index (χ4v) is 8.72. The predicted octanol–water partition coefficient (Wildman–Crippen LogP) is 13.2. The third-order valence-corrected chi connectivity index (χ3v) is 12.0. The summed E-state index contributed by atoms with van der Waals surface area (Å²) in [6.07, 6.45) is -1.08. The molecular formula is C58H51ClN4O7. The number of nitrogens with two attached hydrogens (primary N) is 1. The van der Waals surface area contributed by atoms with Crippen LogP contribution in [-0.4, -0.2) is 31.3 Å². The van der Waals surface area contributed by atoms with Crippen molar-refractivity contribution >= 4 is 53.3 Å². The Morgan fingerprint density at radius 3 is 1.26 bits per heavy atom. The molecule has 12 heteroatoms. The molecule has 3 amide bonds. The Labute approximate surface area is 413 Å². The third kappa shape index (κ3) is 11.4. The zero-order valence-electron chi connectivity index (χ0n) is 38.3. The summed E-state index contributed by atoms with van der Waals surface area (Å²) in [6.45, 7) is 2.62. The van der Waals surface area contributed by atoms with Crippen LogP contribution in [0.5, 0.6) is 11.5 Å². The maximum atomic E-state index is 12.7. The van der Waals surface area contributed by atoms with Crippen molar-refractivity contribution in [2.45, 2.75) is 32.0 Å². The first-order valence-electron chi connectivity index (χ1n) is 22.7. The van der Waals surface area contributed by atoms with Crippen molar-refractivity contribution in [2.24, 2.45) is 0 Å². The summed E-state index contributed by atoms with van der Waals surface area (Å²) in [5.74, 6) is 0.743. The van der Waals surface area contributed by atoms with Gasteiger partial charge in [0.05, 0.1) is 11.4 Å². The second kappa shape index (κ2) is 22.5. The molecule has 2 aliphatic rings. The molecule has 70 heavy (non-hydrogen) atoms. The summed E-state index contributed by atoms with van der Waals surface area (Å²) < 4.78 is 23.1. The summed E-state index contributed by atoms with van der Waals surface area (Å²) in [5.41, 5.74) is 19.6. The van der Waals surface area contributed by atoms with Gasteiger partial charge in [-0.3, -0.25) is 15.4 Å². The van der Waals surface area contributed by atoms with Gasteiger partial charge in [0.25, 0.3) is 0 Å². The maximum Gasteiger partial charge on any atom is 0.411 e. The topological polar surface area (TPSA) is 150 Å². The first kappa shape index (κ1) is 47.9. The Hall–Kier alpha value is -8.54. The number of anilines is 4. The van der Waals surface area contributed by atoms with E-state index in [1.165, 1.54) is 40.3 Å². The van der Waals surface area contributed by atoms with Gasteiger partial charge >= 0.3 is 12.2 Å². The van der Waals surface area contributed by atoms with Crippen LogP contribution in [0.4, 0.5) is 32.3 Å². The number of benzene rings is 8. The van der Waals surface area contributed by atoms with Crippen LogP contribution in [0.15, 0.2) is 194 Å². The molecule has 0 aliphatic heterocycles. The minimum atomic E-state index is -0.557. The second-order valence-electron chi connectivity index (χ2n) is 16.6. The zero-order valence-corrected chi connectivity index (χ0v) is 39.1.